The molecular weight excluding hydrogens is 446 g/mol. The molecule has 0 heterocycles. The Morgan fingerprint density at radius 1 is 1.06 bits per heavy atom. The highest BCUT2D eigenvalue weighted by Crippen LogP contribution is 2.37. The number of nitrogens with two attached hydrogens (primary N) is 1. The fourth-order valence-electron chi connectivity index (χ4n) is 3.12. The van der Waals surface area contributed by atoms with Gasteiger partial charge in [-0.1, -0.05) is 18.2 Å². The maximum absolute atomic E-state index is 13.6. The van der Waals surface area contributed by atoms with Crippen LogP contribution < -0.4 is 15.2 Å². The predicted molar refractivity (Wildman–Crippen MR) is 117 cm³/mol. The van der Waals surface area contributed by atoms with E-state index in [0.717, 1.165) is 17.4 Å². The molecule has 0 aromatic heterocycles. The molecule has 0 saturated carbocycles. The Morgan fingerprint density at radius 2 is 1.75 bits per heavy atom. The first kappa shape index (κ1) is 26.2. The standard InChI is InChI=1S/C22H29F3NO5P/c1-29-18-7-4-16(5-8-18)3-2-12-30-20-9-6-17(13-19(20)22(23,24)25)10-11-21(26,14-27)15-31-32-28/h4-9,13,27H,2-3,10-12,14-15,26,32H2,1H3. The van der Waals surface area contributed by atoms with Gasteiger partial charge in [-0.2, -0.15) is 13.2 Å². The summed E-state index contributed by atoms with van der Waals surface area (Å²) in [5.74, 6) is 0.514. The molecule has 2 aromatic rings. The maximum Gasteiger partial charge on any atom is 0.419 e. The van der Waals surface area contributed by atoms with E-state index in [1.807, 2.05) is 24.3 Å². The number of aryl methyl sites for hydroxylation is 2. The highest BCUT2D eigenvalue weighted by Gasteiger charge is 2.35. The first-order valence-corrected chi connectivity index (χ1v) is 11.1. The Morgan fingerprint density at radius 3 is 2.34 bits per heavy atom. The molecule has 6 nitrogen and oxygen atoms in total. The van der Waals surface area contributed by atoms with Crippen LogP contribution >= 0.6 is 8.69 Å². The van der Waals surface area contributed by atoms with Gasteiger partial charge in [0.25, 0.3) is 0 Å². The van der Waals surface area contributed by atoms with E-state index in [0.29, 0.717) is 18.4 Å². The lowest BCUT2D eigenvalue weighted by atomic mass is 9.93. The van der Waals surface area contributed by atoms with E-state index in [1.165, 1.54) is 6.07 Å². The van der Waals surface area contributed by atoms with Crippen molar-refractivity contribution in [3.63, 3.8) is 0 Å². The normalized spacial score (nSPS) is 13.9. The third-order valence-electron chi connectivity index (χ3n) is 5.04. The Labute approximate surface area is 186 Å². The van der Waals surface area contributed by atoms with Crippen LogP contribution in [0.15, 0.2) is 42.5 Å². The van der Waals surface area contributed by atoms with Crippen LogP contribution in [0.25, 0.3) is 0 Å². The number of alkyl halides is 3. The zero-order chi connectivity index (χ0) is 23.6. The molecule has 0 spiro atoms. The van der Waals surface area contributed by atoms with Crippen molar-refractivity contribution >= 4 is 8.69 Å². The van der Waals surface area contributed by atoms with E-state index in [4.69, 9.17) is 19.7 Å². The quantitative estimate of drug-likeness (QED) is 0.336. The fourth-order valence-corrected chi connectivity index (χ4v) is 3.52. The molecule has 0 saturated heterocycles. The van der Waals surface area contributed by atoms with Crippen LogP contribution in [0.5, 0.6) is 11.5 Å². The average molecular weight is 475 g/mol. The molecule has 178 valence electrons. The third kappa shape index (κ3) is 8.13. The second kappa shape index (κ2) is 12.3. The smallest absolute Gasteiger partial charge is 0.419 e. The van der Waals surface area contributed by atoms with Gasteiger partial charge in [0.2, 0.25) is 0 Å². The fraction of sp³-hybridized carbons (Fsp3) is 0.455. The van der Waals surface area contributed by atoms with Crippen molar-refractivity contribution < 1.29 is 36.8 Å². The largest absolute Gasteiger partial charge is 0.497 e. The molecule has 2 atom stereocenters. The Balaban J connectivity index is 1.99. The zero-order valence-electron chi connectivity index (χ0n) is 17.9. The van der Waals surface area contributed by atoms with Gasteiger partial charge in [0.15, 0.2) is 8.69 Å². The molecule has 0 aliphatic rings. The predicted octanol–water partition coefficient (Wildman–Crippen LogP) is 4.04. The van der Waals surface area contributed by atoms with Gasteiger partial charge in [0, 0.05) is 0 Å². The van der Waals surface area contributed by atoms with Crippen LogP contribution in [0.1, 0.15) is 29.5 Å². The molecule has 10 heteroatoms. The lowest BCUT2D eigenvalue weighted by Gasteiger charge is -2.26. The van der Waals surface area contributed by atoms with Crippen LogP contribution in [-0.4, -0.2) is 37.6 Å². The summed E-state index contributed by atoms with van der Waals surface area (Å²) < 4.78 is 66.6. The Kier molecular flexibility index (Phi) is 10.0. The number of methoxy groups -OCH3 is 1. The minimum atomic E-state index is -4.58. The van der Waals surface area contributed by atoms with Crippen LogP contribution in [-0.2, 0) is 28.1 Å². The van der Waals surface area contributed by atoms with Crippen molar-refractivity contribution in [3.8, 4) is 11.5 Å². The monoisotopic (exact) mass is 475 g/mol. The summed E-state index contributed by atoms with van der Waals surface area (Å²) in [5, 5.41) is 9.44. The zero-order valence-corrected chi connectivity index (χ0v) is 19.0. The highest BCUT2D eigenvalue weighted by molar-refractivity contribution is 7.17. The molecule has 32 heavy (non-hydrogen) atoms. The number of halogens is 3. The Hall–Kier alpha value is -2.06. The summed E-state index contributed by atoms with van der Waals surface area (Å²) in [6, 6.07) is 11.4. The summed E-state index contributed by atoms with van der Waals surface area (Å²) in [4.78, 5) is 0. The molecule has 0 fully saturated rings. The average Bonchev–Trinajstić information content (AvgIpc) is 2.79. The number of hydrogen-bond acceptors (Lipinski definition) is 6. The lowest BCUT2D eigenvalue weighted by Crippen LogP contribution is -2.47. The molecular formula is C22H29F3NO5P. The van der Waals surface area contributed by atoms with Gasteiger partial charge in [-0.05, 0) is 61.1 Å². The number of aliphatic hydroxyl groups excluding tert-OH is 1. The highest BCUT2D eigenvalue weighted by atomic mass is 31.1. The number of aliphatic hydroxyl groups is 1. The van der Waals surface area contributed by atoms with Crippen LogP contribution in [0, 0.1) is 0 Å². The van der Waals surface area contributed by atoms with Crippen molar-refractivity contribution in [3.05, 3.63) is 59.2 Å². The molecule has 0 radical (unpaired) electrons. The van der Waals surface area contributed by atoms with E-state index < -0.39 is 32.6 Å². The van der Waals surface area contributed by atoms with E-state index >= 15 is 0 Å². The minimum absolute atomic E-state index is 0.135. The molecule has 0 amide bonds. The number of hydrogen-bond donors (Lipinski definition) is 2. The summed E-state index contributed by atoms with van der Waals surface area (Å²) in [6.45, 7) is -0.433. The van der Waals surface area contributed by atoms with Gasteiger partial charge in [-0.3, -0.25) is 4.57 Å². The van der Waals surface area contributed by atoms with Crippen molar-refractivity contribution in [2.24, 2.45) is 5.73 Å². The Bertz CT molecular complexity index is 864. The third-order valence-corrected chi connectivity index (χ3v) is 5.34. The number of benzene rings is 2. The van der Waals surface area contributed by atoms with E-state index in [9.17, 15) is 22.8 Å². The van der Waals surface area contributed by atoms with Gasteiger partial charge in [0.05, 0.1) is 38.0 Å². The molecule has 3 N–H and O–H groups in total. The molecule has 2 unspecified atom stereocenters. The molecule has 0 bridgehead atoms. The molecule has 0 aliphatic heterocycles. The van der Waals surface area contributed by atoms with Crippen LogP contribution in [0.3, 0.4) is 0 Å². The first-order chi connectivity index (χ1) is 15.2. The van der Waals surface area contributed by atoms with Gasteiger partial charge in [-0.15, -0.1) is 0 Å². The molecule has 2 aromatic carbocycles. The van der Waals surface area contributed by atoms with E-state index in [2.05, 4.69) is 0 Å². The van der Waals surface area contributed by atoms with Crippen molar-refractivity contribution in [2.75, 3.05) is 26.9 Å². The second-order valence-corrected chi connectivity index (χ2v) is 8.08. The lowest BCUT2D eigenvalue weighted by molar-refractivity contribution is -0.139. The molecule has 0 aliphatic carbocycles. The summed E-state index contributed by atoms with van der Waals surface area (Å²) in [7, 11) is 0.100. The van der Waals surface area contributed by atoms with Crippen LogP contribution in [0.4, 0.5) is 13.2 Å². The minimum Gasteiger partial charge on any atom is -0.497 e. The van der Waals surface area contributed by atoms with Crippen molar-refractivity contribution in [2.45, 2.75) is 37.4 Å². The number of ether oxygens (including phenoxy) is 2. The second-order valence-electron chi connectivity index (χ2n) is 7.56. The van der Waals surface area contributed by atoms with E-state index in [-0.39, 0.29) is 31.8 Å². The maximum atomic E-state index is 13.6. The number of rotatable bonds is 13. The van der Waals surface area contributed by atoms with Crippen molar-refractivity contribution in [1.82, 2.24) is 0 Å². The van der Waals surface area contributed by atoms with Gasteiger partial charge >= 0.3 is 6.18 Å². The van der Waals surface area contributed by atoms with Crippen molar-refractivity contribution in [1.29, 1.82) is 0 Å². The van der Waals surface area contributed by atoms with Crippen LogP contribution in [0.2, 0.25) is 0 Å². The van der Waals surface area contributed by atoms with E-state index in [1.54, 1.807) is 13.2 Å². The van der Waals surface area contributed by atoms with Gasteiger partial charge in [0.1, 0.15) is 11.5 Å². The summed E-state index contributed by atoms with van der Waals surface area (Å²) in [5.41, 5.74) is 5.39. The van der Waals surface area contributed by atoms with Gasteiger partial charge < -0.3 is 24.8 Å². The summed E-state index contributed by atoms with van der Waals surface area (Å²) in [6.07, 6.45) is -3.00. The topological polar surface area (TPSA) is 91.0 Å². The van der Waals surface area contributed by atoms with Gasteiger partial charge in [-0.25, -0.2) is 0 Å². The SMILES string of the molecule is COc1ccc(CCCOc2ccc(CCC(N)(CO)CO[PH2]=O)cc2C(F)(F)F)cc1. The summed E-state index contributed by atoms with van der Waals surface area (Å²) >= 11 is 0. The first-order valence-electron chi connectivity index (χ1n) is 10.1. The molecule has 2 rings (SSSR count).